The maximum Gasteiger partial charge on any atom is 0.470 e. The zero-order chi connectivity index (χ0) is 14.8. The van der Waals surface area contributed by atoms with Crippen molar-refractivity contribution in [1.29, 1.82) is 0 Å². The molecular weight excluding hydrogens is 275 g/mol. The van der Waals surface area contributed by atoms with E-state index in [9.17, 15) is 14.4 Å². The van der Waals surface area contributed by atoms with E-state index in [2.05, 4.69) is 0 Å². The van der Waals surface area contributed by atoms with Crippen molar-refractivity contribution in [3.05, 3.63) is 70.8 Å². The molecule has 0 spiro atoms. The van der Waals surface area contributed by atoms with E-state index in [0.29, 0.717) is 0 Å². The molecule has 0 aromatic heterocycles. The fraction of sp³-hybridized carbons (Fsp3) is 0.200. The fourth-order valence-electron chi connectivity index (χ4n) is 2.18. The van der Waals surface area contributed by atoms with Gasteiger partial charge in [0.1, 0.15) is 6.10 Å². The Morgan fingerprint density at radius 3 is 1.65 bits per heavy atom. The van der Waals surface area contributed by atoms with Crippen LogP contribution >= 0.6 is 7.82 Å². The predicted molar refractivity (Wildman–Crippen MR) is 77.3 cm³/mol. The van der Waals surface area contributed by atoms with Gasteiger partial charge in [0.25, 0.3) is 0 Å². The summed E-state index contributed by atoms with van der Waals surface area (Å²) >= 11 is 0. The molecule has 106 valence electrons. The SMILES string of the molecule is Cc1ccccc1C(OP(=O)(O)O)c1ccccc1C. The lowest BCUT2D eigenvalue weighted by Crippen LogP contribution is -2.08. The van der Waals surface area contributed by atoms with Crippen LogP contribution in [0, 0.1) is 13.8 Å². The molecular formula is C15H17O4P. The van der Waals surface area contributed by atoms with Crippen LogP contribution in [0.5, 0.6) is 0 Å². The van der Waals surface area contributed by atoms with Gasteiger partial charge >= 0.3 is 7.82 Å². The molecule has 4 nitrogen and oxygen atoms in total. The van der Waals surface area contributed by atoms with Crippen LogP contribution in [0.1, 0.15) is 28.4 Å². The van der Waals surface area contributed by atoms with Gasteiger partial charge in [-0.2, -0.15) is 0 Å². The second-order valence-electron chi connectivity index (χ2n) is 4.69. The first-order valence-corrected chi connectivity index (χ1v) is 7.76. The summed E-state index contributed by atoms with van der Waals surface area (Å²) in [5, 5.41) is 0. The largest absolute Gasteiger partial charge is 0.470 e. The van der Waals surface area contributed by atoms with Crippen LogP contribution in [-0.2, 0) is 9.09 Å². The Bertz CT molecular complexity index is 602. The van der Waals surface area contributed by atoms with Gasteiger partial charge in [0.2, 0.25) is 0 Å². The second-order valence-corrected chi connectivity index (χ2v) is 5.88. The second kappa shape index (κ2) is 5.90. The average molecular weight is 292 g/mol. The molecule has 0 saturated heterocycles. The van der Waals surface area contributed by atoms with E-state index in [0.717, 1.165) is 22.3 Å². The minimum absolute atomic E-state index is 0.755. The molecule has 0 fully saturated rings. The average Bonchev–Trinajstić information content (AvgIpc) is 2.37. The number of hydrogen-bond donors (Lipinski definition) is 2. The van der Waals surface area contributed by atoms with E-state index in [1.807, 2.05) is 62.4 Å². The molecule has 0 aliphatic carbocycles. The van der Waals surface area contributed by atoms with Crippen LogP contribution in [0.25, 0.3) is 0 Å². The molecule has 0 atom stereocenters. The summed E-state index contributed by atoms with van der Waals surface area (Å²) in [5.41, 5.74) is 3.36. The van der Waals surface area contributed by atoms with E-state index in [4.69, 9.17) is 4.52 Å². The van der Waals surface area contributed by atoms with Crippen molar-refractivity contribution in [2.75, 3.05) is 0 Å². The molecule has 0 amide bonds. The standard InChI is InChI=1S/C15H17O4P/c1-11-7-3-5-9-13(11)15(19-20(16,17)18)14-10-6-4-8-12(14)2/h3-10,15H,1-2H3,(H2,16,17,18). The van der Waals surface area contributed by atoms with Crippen molar-refractivity contribution >= 4 is 7.82 Å². The smallest absolute Gasteiger partial charge is 0.303 e. The number of benzene rings is 2. The summed E-state index contributed by atoms with van der Waals surface area (Å²) in [7, 11) is -4.59. The van der Waals surface area contributed by atoms with Gasteiger partial charge in [-0.05, 0) is 36.1 Å². The third-order valence-electron chi connectivity index (χ3n) is 3.18. The minimum atomic E-state index is -4.59. The quantitative estimate of drug-likeness (QED) is 0.846. The maximum absolute atomic E-state index is 11.3. The zero-order valence-electron chi connectivity index (χ0n) is 11.4. The Kier molecular flexibility index (Phi) is 4.41. The van der Waals surface area contributed by atoms with E-state index in [1.165, 1.54) is 0 Å². The molecule has 0 aliphatic heterocycles. The predicted octanol–water partition coefficient (Wildman–Crippen LogP) is 3.50. The molecule has 5 heteroatoms. The number of aryl methyl sites for hydroxylation is 2. The summed E-state index contributed by atoms with van der Waals surface area (Å²) in [6.07, 6.45) is -0.779. The van der Waals surface area contributed by atoms with Crippen LogP contribution in [0.2, 0.25) is 0 Å². The molecule has 2 rings (SSSR count). The Balaban J connectivity index is 2.54. The summed E-state index contributed by atoms with van der Waals surface area (Å²) in [6, 6.07) is 14.8. The number of hydrogen-bond acceptors (Lipinski definition) is 2. The summed E-state index contributed by atoms with van der Waals surface area (Å²) in [4.78, 5) is 18.4. The van der Waals surface area contributed by atoms with Crippen LogP contribution in [0.15, 0.2) is 48.5 Å². The Morgan fingerprint density at radius 1 is 0.900 bits per heavy atom. The fourth-order valence-corrected chi connectivity index (χ4v) is 2.68. The van der Waals surface area contributed by atoms with E-state index >= 15 is 0 Å². The van der Waals surface area contributed by atoms with Crippen molar-refractivity contribution in [1.82, 2.24) is 0 Å². The maximum atomic E-state index is 11.3. The lowest BCUT2D eigenvalue weighted by molar-refractivity contribution is 0.157. The molecule has 2 aromatic carbocycles. The molecule has 0 saturated carbocycles. The van der Waals surface area contributed by atoms with Crippen molar-refractivity contribution < 1.29 is 18.9 Å². The van der Waals surface area contributed by atoms with Gasteiger partial charge in [0.15, 0.2) is 0 Å². The molecule has 0 aliphatic rings. The molecule has 0 unspecified atom stereocenters. The van der Waals surface area contributed by atoms with Crippen molar-refractivity contribution in [3.63, 3.8) is 0 Å². The Morgan fingerprint density at radius 2 is 1.30 bits per heavy atom. The minimum Gasteiger partial charge on any atom is -0.303 e. The van der Waals surface area contributed by atoms with Crippen LogP contribution in [-0.4, -0.2) is 9.79 Å². The van der Waals surface area contributed by atoms with Crippen molar-refractivity contribution in [2.24, 2.45) is 0 Å². The lowest BCUT2D eigenvalue weighted by atomic mass is 9.95. The van der Waals surface area contributed by atoms with Gasteiger partial charge in [-0.3, -0.25) is 4.52 Å². The lowest BCUT2D eigenvalue weighted by Gasteiger charge is -2.22. The van der Waals surface area contributed by atoms with Gasteiger partial charge in [0, 0.05) is 0 Å². The van der Waals surface area contributed by atoms with Crippen LogP contribution < -0.4 is 0 Å². The van der Waals surface area contributed by atoms with Crippen LogP contribution in [0.4, 0.5) is 0 Å². The molecule has 0 radical (unpaired) electrons. The first kappa shape index (κ1) is 14.9. The first-order valence-electron chi connectivity index (χ1n) is 6.23. The highest BCUT2D eigenvalue weighted by molar-refractivity contribution is 7.46. The van der Waals surface area contributed by atoms with Gasteiger partial charge in [-0.1, -0.05) is 48.5 Å². The highest BCUT2D eigenvalue weighted by Gasteiger charge is 2.27. The van der Waals surface area contributed by atoms with E-state index < -0.39 is 13.9 Å². The third-order valence-corrected chi connectivity index (χ3v) is 3.67. The van der Waals surface area contributed by atoms with E-state index in [1.54, 1.807) is 0 Å². The van der Waals surface area contributed by atoms with Crippen molar-refractivity contribution in [2.45, 2.75) is 20.0 Å². The molecule has 2 N–H and O–H groups in total. The first-order chi connectivity index (χ1) is 9.38. The molecule has 20 heavy (non-hydrogen) atoms. The molecule has 2 aromatic rings. The zero-order valence-corrected chi connectivity index (χ0v) is 12.2. The molecule has 0 heterocycles. The van der Waals surface area contributed by atoms with Gasteiger partial charge in [-0.25, -0.2) is 4.57 Å². The summed E-state index contributed by atoms with van der Waals surface area (Å²) < 4.78 is 16.3. The normalized spacial score (nSPS) is 11.8. The van der Waals surface area contributed by atoms with Gasteiger partial charge in [-0.15, -0.1) is 0 Å². The highest BCUT2D eigenvalue weighted by Crippen LogP contribution is 2.45. The van der Waals surface area contributed by atoms with Crippen LogP contribution in [0.3, 0.4) is 0 Å². The van der Waals surface area contributed by atoms with E-state index in [-0.39, 0.29) is 0 Å². The van der Waals surface area contributed by atoms with Crippen molar-refractivity contribution in [3.8, 4) is 0 Å². The van der Waals surface area contributed by atoms with Gasteiger partial charge < -0.3 is 9.79 Å². The summed E-state index contributed by atoms with van der Waals surface area (Å²) in [5.74, 6) is 0. The molecule has 0 bridgehead atoms. The number of rotatable bonds is 4. The number of phosphoric ester groups is 1. The van der Waals surface area contributed by atoms with Gasteiger partial charge in [0.05, 0.1) is 0 Å². The monoisotopic (exact) mass is 292 g/mol. The summed E-state index contributed by atoms with van der Waals surface area (Å²) in [6.45, 7) is 3.79. The number of phosphoric acid groups is 1. The highest BCUT2D eigenvalue weighted by atomic mass is 31.2. The third kappa shape index (κ3) is 3.56. The Labute approximate surface area is 118 Å². The topological polar surface area (TPSA) is 66.8 Å². The Hall–Kier alpha value is -1.45.